The number of likely N-dealkylation sites (tertiary alicyclic amines) is 1. The third-order valence-corrected chi connectivity index (χ3v) is 7.81. The minimum Gasteiger partial charge on any atom is -0.391 e. The standard InChI is InChI=1S/C30H36FN5O3/c1-6-36-30(5,21-13-11-20(12-14-21)23-9-7-8-10-24(23)31)32-28(33-36)25-16-22(37)17-35(25)29(38)27(18(2)3)26-15-19(4)34-39-26/h7-15,18,22,25,27,37H,6,16-17H2,1-5H3,(H,32,33)/t22-,25+,27?,30?/m1/s1. The molecule has 1 aromatic heterocycles. The van der Waals surface area contributed by atoms with Gasteiger partial charge in [0.25, 0.3) is 0 Å². The van der Waals surface area contributed by atoms with E-state index in [9.17, 15) is 14.3 Å². The quantitative estimate of drug-likeness (QED) is 0.461. The number of β-amino-alcohol motifs (C(OH)–C–C–N with tert-alkyl or cyclic N) is 1. The monoisotopic (exact) mass is 533 g/mol. The van der Waals surface area contributed by atoms with Gasteiger partial charge < -0.3 is 20.0 Å². The molecule has 2 aliphatic heterocycles. The van der Waals surface area contributed by atoms with Crippen molar-refractivity contribution in [1.82, 2.24) is 20.5 Å². The van der Waals surface area contributed by atoms with E-state index in [4.69, 9.17) is 9.52 Å². The number of aryl methyl sites for hydroxylation is 1. The molecule has 8 nitrogen and oxygen atoms in total. The average molecular weight is 534 g/mol. The largest absolute Gasteiger partial charge is 0.391 e. The molecule has 2 aliphatic rings. The van der Waals surface area contributed by atoms with E-state index < -0.39 is 23.7 Å². The summed E-state index contributed by atoms with van der Waals surface area (Å²) in [7, 11) is 0. The molecule has 1 amide bonds. The summed E-state index contributed by atoms with van der Waals surface area (Å²) in [5.41, 5.74) is 5.66. The Morgan fingerprint density at radius 3 is 2.56 bits per heavy atom. The zero-order chi connectivity index (χ0) is 27.9. The molecule has 2 aromatic carbocycles. The van der Waals surface area contributed by atoms with Gasteiger partial charge in [0, 0.05) is 31.1 Å². The second-order valence-electron chi connectivity index (χ2n) is 10.9. The first-order valence-corrected chi connectivity index (χ1v) is 13.5. The van der Waals surface area contributed by atoms with Crippen LogP contribution in [0.1, 0.15) is 57.1 Å². The summed E-state index contributed by atoms with van der Waals surface area (Å²) in [5, 5.41) is 16.7. The van der Waals surface area contributed by atoms with Crippen LogP contribution < -0.4 is 5.43 Å². The van der Waals surface area contributed by atoms with Gasteiger partial charge in [-0.15, -0.1) is 0 Å². The van der Waals surface area contributed by atoms with E-state index in [-0.39, 0.29) is 24.2 Å². The highest BCUT2D eigenvalue weighted by Crippen LogP contribution is 2.37. The van der Waals surface area contributed by atoms with Crippen LogP contribution in [-0.4, -0.2) is 57.2 Å². The first kappa shape index (κ1) is 27.0. The zero-order valence-corrected chi connectivity index (χ0v) is 23.1. The first-order valence-electron chi connectivity index (χ1n) is 13.5. The highest BCUT2D eigenvalue weighted by molar-refractivity contribution is 5.95. The summed E-state index contributed by atoms with van der Waals surface area (Å²) in [4.78, 5) is 20.7. The minimum atomic E-state index is -0.750. The lowest BCUT2D eigenvalue weighted by atomic mass is 9.91. The van der Waals surface area contributed by atoms with Crippen molar-refractivity contribution in [3.05, 3.63) is 77.4 Å². The number of hydrazine groups is 1. The fourth-order valence-electron chi connectivity index (χ4n) is 5.74. The van der Waals surface area contributed by atoms with Crippen LogP contribution in [0.25, 0.3) is 11.1 Å². The molecular weight excluding hydrogens is 497 g/mol. The van der Waals surface area contributed by atoms with Crippen molar-refractivity contribution in [2.24, 2.45) is 10.9 Å². The number of halogens is 1. The van der Waals surface area contributed by atoms with Gasteiger partial charge >= 0.3 is 0 Å². The molecule has 2 N–H and O–H groups in total. The van der Waals surface area contributed by atoms with E-state index in [0.717, 1.165) is 16.8 Å². The summed E-state index contributed by atoms with van der Waals surface area (Å²) in [5.74, 6) is 0.257. The summed E-state index contributed by atoms with van der Waals surface area (Å²) in [6, 6.07) is 15.8. The Hall–Kier alpha value is -3.56. The second kappa shape index (κ2) is 10.5. The van der Waals surface area contributed by atoms with Gasteiger partial charge in [0.15, 0.2) is 5.66 Å². The average Bonchev–Trinajstić information content (AvgIpc) is 3.61. The number of carbonyl (C=O) groups is 1. The van der Waals surface area contributed by atoms with Gasteiger partial charge in [0.05, 0.1) is 17.8 Å². The summed E-state index contributed by atoms with van der Waals surface area (Å²) in [6.45, 7) is 10.7. The van der Waals surface area contributed by atoms with Crippen LogP contribution >= 0.6 is 0 Å². The number of aliphatic hydroxyl groups excluding tert-OH is 1. The van der Waals surface area contributed by atoms with Gasteiger partial charge in [-0.1, -0.05) is 68.4 Å². The number of amidine groups is 1. The molecule has 1 fully saturated rings. The number of nitrogens with one attached hydrogen (secondary N) is 1. The van der Waals surface area contributed by atoms with Gasteiger partial charge in [-0.25, -0.2) is 9.38 Å². The molecule has 2 unspecified atom stereocenters. The Morgan fingerprint density at radius 2 is 1.95 bits per heavy atom. The van der Waals surface area contributed by atoms with Crippen LogP contribution in [0.5, 0.6) is 0 Å². The number of hydrogen-bond acceptors (Lipinski definition) is 7. The fourth-order valence-corrected chi connectivity index (χ4v) is 5.74. The van der Waals surface area contributed by atoms with Crippen LogP contribution in [0, 0.1) is 18.7 Å². The number of aromatic nitrogens is 1. The van der Waals surface area contributed by atoms with Crippen LogP contribution in [0.3, 0.4) is 0 Å². The second-order valence-corrected chi connectivity index (χ2v) is 10.9. The molecule has 5 rings (SSSR count). The number of hydrogen-bond donors (Lipinski definition) is 2. The smallest absolute Gasteiger partial charge is 0.234 e. The van der Waals surface area contributed by atoms with Gasteiger partial charge in [-0.2, -0.15) is 5.01 Å². The molecule has 0 aliphatic carbocycles. The van der Waals surface area contributed by atoms with Crippen LogP contribution in [-0.2, 0) is 10.5 Å². The van der Waals surface area contributed by atoms with Gasteiger partial charge in [0.1, 0.15) is 23.3 Å². The van der Waals surface area contributed by atoms with Crippen molar-refractivity contribution in [1.29, 1.82) is 0 Å². The van der Waals surface area contributed by atoms with Crippen molar-refractivity contribution in [3.8, 4) is 11.1 Å². The summed E-state index contributed by atoms with van der Waals surface area (Å²) >= 11 is 0. The van der Waals surface area contributed by atoms with E-state index in [2.05, 4.69) is 10.6 Å². The first-order chi connectivity index (χ1) is 18.6. The number of aliphatic hydroxyl groups is 1. The van der Waals surface area contributed by atoms with Gasteiger partial charge in [0.2, 0.25) is 5.91 Å². The molecule has 3 heterocycles. The van der Waals surface area contributed by atoms with Crippen molar-refractivity contribution >= 4 is 11.7 Å². The lowest BCUT2D eigenvalue weighted by molar-refractivity contribution is -0.134. The van der Waals surface area contributed by atoms with E-state index in [1.807, 2.05) is 70.0 Å². The molecule has 0 spiro atoms. The maximum Gasteiger partial charge on any atom is 0.234 e. The molecule has 206 valence electrons. The van der Waals surface area contributed by atoms with Crippen molar-refractivity contribution in [3.63, 3.8) is 0 Å². The lowest BCUT2D eigenvalue weighted by Gasteiger charge is -2.32. The molecule has 9 heteroatoms. The number of benzene rings is 2. The molecule has 39 heavy (non-hydrogen) atoms. The Bertz CT molecular complexity index is 1370. The highest BCUT2D eigenvalue weighted by atomic mass is 19.1. The van der Waals surface area contributed by atoms with Crippen molar-refractivity contribution in [2.75, 3.05) is 13.1 Å². The van der Waals surface area contributed by atoms with E-state index in [0.29, 0.717) is 30.1 Å². The van der Waals surface area contributed by atoms with Crippen molar-refractivity contribution < 1.29 is 18.8 Å². The Morgan fingerprint density at radius 1 is 1.23 bits per heavy atom. The number of nitrogens with zero attached hydrogens (tertiary/aromatic N) is 4. The maximum atomic E-state index is 14.3. The normalized spacial score (nSPS) is 24.2. The van der Waals surface area contributed by atoms with E-state index >= 15 is 0 Å². The zero-order valence-electron chi connectivity index (χ0n) is 23.1. The van der Waals surface area contributed by atoms with Crippen molar-refractivity contribution in [2.45, 2.75) is 64.8 Å². The predicted molar refractivity (Wildman–Crippen MR) is 147 cm³/mol. The van der Waals surface area contributed by atoms with E-state index in [1.165, 1.54) is 6.07 Å². The lowest BCUT2D eigenvalue weighted by Crippen LogP contribution is -2.51. The minimum absolute atomic E-state index is 0.0212. The molecule has 3 aromatic rings. The molecular formula is C30H36FN5O3. The third kappa shape index (κ3) is 4.96. The van der Waals surface area contributed by atoms with Crippen LogP contribution in [0.4, 0.5) is 4.39 Å². The number of amides is 1. The third-order valence-electron chi connectivity index (χ3n) is 7.81. The molecule has 0 saturated carbocycles. The summed E-state index contributed by atoms with van der Waals surface area (Å²) in [6.07, 6.45) is -0.271. The molecule has 4 atom stereocenters. The van der Waals surface area contributed by atoms with Crippen LogP contribution in [0.2, 0.25) is 0 Å². The number of aliphatic imine (C=N–C) groups is 1. The Kier molecular flexibility index (Phi) is 7.31. The Labute approximate surface area is 228 Å². The van der Waals surface area contributed by atoms with Gasteiger partial charge in [-0.05, 0) is 37.0 Å². The molecule has 0 bridgehead atoms. The van der Waals surface area contributed by atoms with E-state index in [1.54, 1.807) is 23.1 Å². The SMILES string of the molecule is CCN1NC([C@@H]2C[C@@H](O)CN2C(=O)C(c2cc(C)no2)C(C)C)=NC1(C)c1ccc(-c2ccccc2F)cc1. The molecule has 0 radical (unpaired) electrons. The number of rotatable bonds is 7. The fraction of sp³-hybridized carbons (Fsp3) is 0.433. The van der Waals surface area contributed by atoms with Crippen LogP contribution in [0.15, 0.2) is 64.1 Å². The highest BCUT2D eigenvalue weighted by Gasteiger charge is 2.47. The van der Waals surface area contributed by atoms with Gasteiger partial charge in [-0.3, -0.25) is 4.79 Å². The maximum absolute atomic E-state index is 14.3. The predicted octanol–water partition coefficient (Wildman–Crippen LogP) is 4.60. The molecule has 1 saturated heterocycles. The summed E-state index contributed by atoms with van der Waals surface area (Å²) < 4.78 is 19.8. The topological polar surface area (TPSA) is 94.2 Å². The number of carbonyl (C=O) groups excluding carboxylic acids is 1. The Balaban J connectivity index is 1.45.